The van der Waals surface area contributed by atoms with Crippen molar-refractivity contribution >= 4 is 5.97 Å². The molecule has 2 rings (SSSR count). The average molecular weight is 228 g/mol. The van der Waals surface area contributed by atoms with Gasteiger partial charge in [0.05, 0.1) is 6.10 Å². The Morgan fingerprint density at radius 3 is 2.81 bits per heavy atom. The molecule has 0 bridgehead atoms. The van der Waals surface area contributed by atoms with Gasteiger partial charge in [0.15, 0.2) is 0 Å². The Labute approximate surface area is 95.5 Å². The molecule has 5 heteroatoms. The van der Waals surface area contributed by atoms with Gasteiger partial charge in [-0.1, -0.05) is 0 Å². The minimum atomic E-state index is -1.03. The molecule has 2 fully saturated rings. The number of nitrogens with zero attached hydrogens (tertiary/aromatic N) is 1. The number of rotatable bonds is 4. The van der Waals surface area contributed by atoms with E-state index in [0.29, 0.717) is 25.1 Å². The van der Waals surface area contributed by atoms with Crippen LogP contribution in [-0.2, 0) is 9.53 Å². The van der Waals surface area contributed by atoms with Crippen LogP contribution < -0.4 is 5.73 Å². The predicted molar refractivity (Wildman–Crippen MR) is 59.2 cm³/mol. The van der Waals surface area contributed by atoms with Gasteiger partial charge in [-0.15, -0.1) is 0 Å². The molecule has 0 radical (unpaired) electrons. The van der Waals surface area contributed by atoms with Gasteiger partial charge >= 0.3 is 5.97 Å². The second-order valence-electron chi connectivity index (χ2n) is 4.88. The van der Waals surface area contributed by atoms with Crippen LogP contribution in [-0.4, -0.2) is 53.4 Å². The van der Waals surface area contributed by atoms with E-state index >= 15 is 0 Å². The molecule has 5 nitrogen and oxygen atoms in total. The number of nitrogens with two attached hydrogens (primary N) is 1. The van der Waals surface area contributed by atoms with Crippen molar-refractivity contribution in [3.63, 3.8) is 0 Å². The van der Waals surface area contributed by atoms with Crippen molar-refractivity contribution in [1.82, 2.24) is 4.90 Å². The molecule has 1 saturated heterocycles. The van der Waals surface area contributed by atoms with Gasteiger partial charge < -0.3 is 15.6 Å². The maximum Gasteiger partial charge on any atom is 0.325 e. The summed E-state index contributed by atoms with van der Waals surface area (Å²) in [6.07, 6.45) is 2.96. The molecule has 2 aliphatic rings. The van der Waals surface area contributed by atoms with Crippen LogP contribution in [0.5, 0.6) is 0 Å². The number of ether oxygens (including phenoxy) is 1. The zero-order chi connectivity index (χ0) is 11.8. The summed E-state index contributed by atoms with van der Waals surface area (Å²) in [4.78, 5) is 13.2. The molecule has 1 atom stereocenters. The van der Waals surface area contributed by atoms with Crippen LogP contribution in [0.3, 0.4) is 0 Å². The molecule has 1 saturated carbocycles. The lowest BCUT2D eigenvalue weighted by Gasteiger charge is -2.41. The molecule has 16 heavy (non-hydrogen) atoms. The summed E-state index contributed by atoms with van der Waals surface area (Å²) in [5.41, 5.74) is 4.80. The lowest BCUT2D eigenvalue weighted by atomic mass is 9.88. The fourth-order valence-corrected chi connectivity index (χ4v) is 2.56. The predicted octanol–water partition coefficient (Wildman–Crippen LogP) is 0.0417. The van der Waals surface area contributed by atoms with Gasteiger partial charge in [-0.3, -0.25) is 9.69 Å². The Hall–Kier alpha value is -0.650. The van der Waals surface area contributed by atoms with Crippen LogP contribution >= 0.6 is 0 Å². The largest absolute Gasteiger partial charge is 0.480 e. The number of aliphatic carboxylic acids is 1. The SMILES string of the molecule is CCOC1CC(N2CCC(N)(C(=O)O)C2)C1. The fraction of sp³-hybridized carbons (Fsp3) is 0.909. The van der Waals surface area contributed by atoms with Gasteiger partial charge in [0, 0.05) is 25.7 Å². The molecule has 0 aromatic heterocycles. The van der Waals surface area contributed by atoms with E-state index in [9.17, 15) is 4.79 Å². The molecule has 0 aromatic carbocycles. The summed E-state index contributed by atoms with van der Waals surface area (Å²) < 4.78 is 5.49. The Morgan fingerprint density at radius 2 is 2.31 bits per heavy atom. The lowest BCUT2D eigenvalue weighted by molar-refractivity contribution is -0.143. The van der Waals surface area contributed by atoms with Crippen LogP contribution in [0.1, 0.15) is 26.2 Å². The van der Waals surface area contributed by atoms with Crippen molar-refractivity contribution in [2.45, 2.75) is 43.9 Å². The van der Waals surface area contributed by atoms with E-state index < -0.39 is 11.5 Å². The highest BCUT2D eigenvalue weighted by Crippen LogP contribution is 2.32. The zero-order valence-electron chi connectivity index (χ0n) is 9.69. The summed E-state index contributed by atoms with van der Waals surface area (Å²) in [5, 5.41) is 9.02. The van der Waals surface area contributed by atoms with E-state index in [0.717, 1.165) is 26.0 Å². The summed E-state index contributed by atoms with van der Waals surface area (Å²) in [6, 6.07) is 0.473. The minimum absolute atomic E-state index is 0.368. The Balaban J connectivity index is 1.80. The summed E-state index contributed by atoms with van der Waals surface area (Å²) in [7, 11) is 0. The smallest absolute Gasteiger partial charge is 0.325 e. The Morgan fingerprint density at radius 1 is 1.62 bits per heavy atom. The Bertz CT molecular complexity index is 278. The number of carboxylic acids is 1. The second-order valence-corrected chi connectivity index (χ2v) is 4.88. The number of carbonyl (C=O) groups is 1. The standard InChI is InChI=1S/C11H20N2O3/c1-2-16-9-5-8(6-9)13-4-3-11(12,7-13)10(14)15/h8-9H,2-7,12H2,1H3,(H,14,15). The highest BCUT2D eigenvalue weighted by Gasteiger charge is 2.46. The van der Waals surface area contributed by atoms with Gasteiger partial charge in [-0.05, 0) is 26.2 Å². The third kappa shape index (κ3) is 2.07. The van der Waals surface area contributed by atoms with Crippen molar-refractivity contribution in [3.8, 4) is 0 Å². The summed E-state index contributed by atoms with van der Waals surface area (Å²) in [6.45, 7) is 4.03. The first-order valence-corrected chi connectivity index (χ1v) is 5.93. The zero-order valence-corrected chi connectivity index (χ0v) is 9.69. The van der Waals surface area contributed by atoms with Gasteiger partial charge in [-0.25, -0.2) is 0 Å². The van der Waals surface area contributed by atoms with Crippen LogP contribution in [0.4, 0.5) is 0 Å². The molecular formula is C11H20N2O3. The van der Waals surface area contributed by atoms with Crippen LogP contribution in [0.2, 0.25) is 0 Å². The molecule has 1 heterocycles. The third-order valence-electron chi connectivity index (χ3n) is 3.74. The highest BCUT2D eigenvalue weighted by atomic mass is 16.5. The molecule has 3 N–H and O–H groups in total. The summed E-state index contributed by atoms with van der Waals surface area (Å²) in [5.74, 6) is -0.879. The molecule has 0 amide bonds. The topological polar surface area (TPSA) is 75.8 Å². The minimum Gasteiger partial charge on any atom is -0.480 e. The third-order valence-corrected chi connectivity index (χ3v) is 3.74. The van der Waals surface area contributed by atoms with Gasteiger partial charge in [0.25, 0.3) is 0 Å². The van der Waals surface area contributed by atoms with E-state index in [1.54, 1.807) is 0 Å². The first-order valence-electron chi connectivity index (χ1n) is 5.93. The molecule has 1 unspecified atom stereocenters. The van der Waals surface area contributed by atoms with E-state index in [1.165, 1.54) is 0 Å². The van der Waals surface area contributed by atoms with Gasteiger partial charge in [-0.2, -0.15) is 0 Å². The van der Waals surface area contributed by atoms with Crippen molar-refractivity contribution in [2.75, 3.05) is 19.7 Å². The molecular weight excluding hydrogens is 208 g/mol. The second kappa shape index (κ2) is 4.31. The number of carboxylic acid groups (broad SMARTS) is 1. The first-order chi connectivity index (χ1) is 7.55. The van der Waals surface area contributed by atoms with E-state index in [2.05, 4.69) is 4.90 Å². The molecule has 1 aliphatic heterocycles. The van der Waals surface area contributed by atoms with Crippen LogP contribution in [0.15, 0.2) is 0 Å². The number of hydrogen-bond acceptors (Lipinski definition) is 4. The number of likely N-dealkylation sites (tertiary alicyclic amines) is 1. The monoisotopic (exact) mass is 228 g/mol. The highest BCUT2D eigenvalue weighted by molar-refractivity contribution is 5.79. The van der Waals surface area contributed by atoms with Gasteiger partial charge in [0.1, 0.15) is 5.54 Å². The number of hydrogen-bond donors (Lipinski definition) is 2. The normalized spacial score (nSPS) is 39.6. The average Bonchev–Trinajstić information content (AvgIpc) is 2.55. The van der Waals surface area contributed by atoms with Gasteiger partial charge in [0.2, 0.25) is 0 Å². The maximum atomic E-state index is 11.0. The van der Waals surface area contributed by atoms with E-state index in [4.69, 9.17) is 15.6 Å². The fourth-order valence-electron chi connectivity index (χ4n) is 2.56. The molecule has 92 valence electrons. The Kier molecular flexibility index (Phi) is 3.19. The summed E-state index contributed by atoms with van der Waals surface area (Å²) >= 11 is 0. The van der Waals surface area contributed by atoms with Crippen molar-refractivity contribution in [2.24, 2.45) is 5.73 Å². The van der Waals surface area contributed by atoms with E-state index in [-0.39, 0.29) is 0 Å². The lowest BCUT2D eigenvalue weighted by Crippen LogP contribution is -2.53. The molecule has 0 spiro atoms. The first kappa shape index (κ1) is 11.8. The molecule has 0 aromatic rings. The van der Waals surface area contributed by atoms with E-state index in [1.807, 2.05) is 6.92 Å². The molecule has 1 aliphatic carbocycles. The van der Waals surface area contributed by atoms with Crippen LogP contribution in [0.25, 0.3) is 0 Å². The maximum absolute atomic E-state index is 11.0. The quantitative estimate of drug-likeness (QED) is 0.710. The van der Waals surface area contributed by atoms with Crippen molar-refractivity contribution in [1.29, 1.82) is 0 Å². The van der Waals surface area contributed by atoms with Crippen LogP contribution in [0, 0.1) is 0 Å². The van der Waals surface area contributed by atoms with Crippen molar-refractivity contribution < 1.29 is 14.6 Å². The van der Waals surface area contributed by atoms with Crippen molar-refractivity contribution in [3.05, 3.63) is 0 Å².